The summed E-state index contributed by atoms with van der Waals surface area (Å²) in [4.78, 5) is 35.5. The molecule has 230 valence electrons. The zero-order chi connectivity index (χ0) is 30.2. The number of carbonyl (C=O) groups is 3. The molecule has 3 heterocycles. The second kappa shape index (κ2) is 15.1. The molecule has 3 fully saturated rings. The van der Waals surface area contributed by atoms with E-state index in [0.29, 0.717) is 19.4 Å². The first-order valence-electron chi connectivity index (χ1n) is 14.4. The number of hydrogen-bond acceptors (Lipinski definition) is 9. The molecule has 1 unspecified atom stereocenters. The second-order valence-electron chi connectivity index (χ2n) is 11.4. The predicted molar refractivity (Wildman–Crippen MR) is 151 cm³/mol. The minimum absolute atomic E-state index is 0.0116. The van der Waals surface area contributed by atoms with Crippen molar-refractivity contribution in [2.24, 2.45) is 5.92 Å². The number of aliphatic hydroxyl groups is 2. The van der Waals surface area contributed by atoms with Crippen LogP contribution in [0.3, 0.4) is 0 Å². The van der Waals surface area contributed by atoms with Gasteiger partial charge in [-0.15, -0.1) is 0 Å². The Morgan fingerprint density at radius 2 is 1.90 bits per heavy atom. The van der Waals surface area contributed by atoms with E-state index in [1.54, 1.807) is 13.0 Å². The van der Waals surface area contributed by atoms with Crippen molar-refractivity contribution in [3.05, 3.63) is 36.0 Å². The summed E-state index contributed by atoms with van der Waals surface area (Å²) in [5.74, 6) is -0.655. The molecule has 0 aromatic rings. The highest BCUT2D eigenvalue weighted by molar-refractivity contribution is 5.87. The predicted octanol–water partition coefficient (Wildman–Crippen LogP) is 1.47. The molecule has 3 rings (SSSR count). The average Bonchev–Trinajstić information content (AvgIpc) is 3.68. The van der Waals surface area contributed by atoms with Crippen molar-refractivity contribution in [2.45, 2.75) is 109 Å². The molecule has 0 saturated carbocycles. The number of amides is 2. The fourth-order valence-electron chi connectivity index (χ4n) is 5.36. The molecule has 11 nitrogen and oxygen atoms in total. The molecule has 3 saturated heterocycles. The third-order valence-electron chi connectivity index (χ3n) is 7.77. The van der Waals surface area contributed by atoms with Gasteiger partial charge in [0.1, 0.15) is 23.9 Å². The van der Waals surface area contributed by atoms with E-state index in [1.165, 1.54) is 13.0 Å². The summed E-state index contributed by atoms with van der Waals surface area (Å²) in [5, 5.41) is 25.4. The molecule has 11 heteroatoms. The van der Waals surface area contributed by atoms with Gasteiger partial charge in [0.25, 0.3) is 0 Å². The molecule has 3 aliphatic rings. The van der Waals surface area contributed by atoms with Crippen molar-refractivity contribution in [3.63, 3.8) is 0 Å². The van der Waals surface area contributed by atoms with E-state index in [4.69, 9.17) is 24.1 Å². The van der Waals surface area contributed by atoms with E-state index in [-0.39, 0.29) is 55.6 Å². The number of aliphatic hydroxyl groups excluding tert-OH is 2. The first kappa shape index (κ1) is 32.9. The summed E-state index contributed by atoms with van der Waals surface area (Å²) in [5.41, 5.74) is 0.316. The molecule has 9 atom stereocenters. The van der Waals surface area contributed by atoms with Gasteiger partial charge in [0.05, 0.1) is 44.0 Å². The summed E-state index contributed by atoms with van der Waals surface area (Å²) in [6.07, 6.45) is 8.29. The van der Waals surface area contributed by atoms with Gasteiger partial charge in [-0.3, -0.25) is 14.4 Å². The van der Waals surface area contributed by atoms with Crippen LogP contribution in [0, 0.1) is 5.92 Å². The molecule has 41 heavy (non-hydrogen) atoms. The van der Waals surface area contributed by atoms with Gasteiger partial charge in [-0.25, -0.2) is 0 Å². The van der Waals surface area contributed by atoms with Crippen LogP contribution >= 0.6 is 0 Å². The second-order valence-corrected chi connectivity index (χ2v) is 11.4. The molecule has 0 bridgehead atoms. The van der Waals surface area contributed by atoms with E-state index in [2.05, 4.69) is 23.6 Å². The molecule has 0 radical (unpaired) electrons. The van der Waals surface area contributed by atoms with E-state index >= 15 is 0 Å². The molecular formula is C30H46N2O9. The van der Waals surface area contributed by atoms with Crippen molar-refractivity contribution in [1.82, 2.24) is 10.6 Å². The van der Waals surface area contributed by atoms with Crippen LogP contribution in [0.5, 0.6) is 0 Å². The lowest BCUT2D eigenvalue weighted by Gasteiger charge is -2.39. The van der Waals surface area contributed by atoms with Crippen LogP contribution < -0.4 is 10.6 Å². The molecule has 0 aliphatic carbocycles. The van der Waals surface area contributed by atoms with Crippen molar-refractivity contribution in [2.75, 3.05) is 19.8 Å². The zero-order valence-corrected chi connectivity index (χ0v) is 24.7. The summed E-state index contributed by atoms with van der Waals surface area (Å²) in [7, 11) is 0. The van der Waals surface area contributed by atoms with Gasteiger partial charge in [0.2, 0.25) is 11.8 Å². The Labute approximate surface area is 242 Å². The van der Waals surface area contributed by atoms with Gasteiger partial charge in [0.15, 0.2) is 0 Å². The maximum absolute atomic E-state index is 12.4. The van der Waals surface area contributed by atoms with Crippen LogP contribution in [0.15, 0.2) is 36.0 Å². The maximum Gasteiger partial charge on any atom is 0.303 e. The summed E-state index contributed by atoms with van der Waals surface area (Å²) >= 11 is 0. The molecule has 3 aliphatic heterocycles. The van der Waals surface area contributed by atoms with Gasteiger partial charge in [-0.2, -0.15) is 0 Å². The Morgan fingerprint density at radius 1 is 1.17 bits per heavy atom. The number of nitrogens with one attached hydrogen (secondary N) is 2. The Bertz CT molecular complexity index is 1010. The minimum Gasteiger partial charge on any atom is -0.459 e. The van der Waals surface area contributed by atoms with Gasteiger partial charge in [-0.1, -0.05) is 30.7 Å². The highest BCUT2D eigenvalue weighted by atomic mass is 16.6. The van der Waals surface area contributed by atoms with Crippen LogP contribution in [-0.2, 0) is 33.3 Å². The molecule has 2 amide bonds. The van der Waals surface area contributed by atoms with Gasteiger partial charge in [-0.05, 0) is 45.6 Å². The monoisotopic (exact) mass is 578 g/mol. The number of esters is 1. The quantitative estimate of drug-likeness (QED) is 0.117. The van der Waals surface area contributed by atoms with E-state index in [9.17, 15) is 19.5 Å². The molecule has 4 N–H and O–H groups in total. The molecule has 1 spiro atoms. The third kappa shape index (κ3) is 10.0. The van der Waals surface area contributed by atoms with Crippen LogP contribution in [0.1, 0.15) is 60.3 Å². The van der Waals surface area contributed by atoms with Crippen LogP contribution in [0.2, 0.25) is 0 Å². The average molecular weight is 579 g/mol. The third-order valence-corrected chi connectivity index (χ3v) is 7.77. The van der Waals surface area contributed by atoms with E-state index < -0.39 is 36.0 Å². The number of epoxide rings is 1. The lowest BCUT2D eigenvalue weighted by Crippen LogP contribution is -2.51. The normalized spacial score (nSPS) is 34.5. The van der Waals surface area contributed by atoms with Gasteiger partial charge >= 0.3 is 5.97 Å². The Balaban J connectivity index is 1.49. The van der Waals surface area contributed by atoms with Crippen molar-refractivity contribution in [3.8, 4) is 0 Å². The van der Waals surface area contributed by atoms with Crippen molar-refractivity contribution >= 4 is 17.8 Å². The minimum atomic E-state index is -0.822. The van der Waals surface area contributed by atoms with Crippen molar-refractivity contribution in [1.29, 1.82) is 0 Å². The number of ether oxygens (including phenoxy) is 4. The van der Waals surface area contributed by atoms with Gasteiger partial charge < -0.3 is 39.8 Å². The van der Waals surface area contributed by atoms with Crippen molar-refractivity contribution < 1.29 is 43.5 Å². The number of allylic oxidation sites excluding steroid dienone is 2. The Hall–Kier alpha value is -2.57. The summed E-state index contributed by atoms with van der Waals surface area (Å²) in [6, 6.07) is -0.132. The summed E-state index contributed by atoms with van der Waals surface area (Å²) in [6.45, 7) is 9.54. The number of rotatable bonds is 12. The Morgan fingerprint density at radius 3 is 2.56 bits per heavy atom. The number of hydrogen-bond donors (Lipinski definition) is 4. The van der Waals surface area contributed by atoms with Crippen LogP contribution in [0.4, 0.5) is 0 Å². The first-order chi connectivity index (χ1) is 19.4. The molecule has 0 aromatic heterocycles. The van der Waals surface area contributed by atoms with E-state index in [1.807, 2.05) is 26.0 Å². The Kier molecular flexibility index (Phi) is 12.1. The lowest BCUT2D eigenvalue weighted by atomic mass is 9.87. The highest BCUT2D eigenvalue weighted by Gasteiger charge is 2.58. The van der Waals surface area contributed by atoms with Crippen LogP contribution in [-0.4, -0.2) is 96.0 Å². The lowest BCUT2D eigenvalue weighted by molar-refractivity contribution is -0.145. The summed E-state index contributed by atoms with van der Waals surface area (Å²) < 4.78 is 22.9. The smallest absolute Gasteiger partial charge is 0.303 e. The fraction of sp³-hybridized carbons (Fsp3) is 0.700. The van der Waals surface area contributed by atoms with E-state index in [0.717, 1.165) is 12.0 Å². The largest absolute Gasteiger partial charge is 0.459 e. The SMILES string of the molecule is CC(=O)OC(C)C=CC(=O)N[C@@H]1C[C@H](C)[C@H](C/C=C(C)/C=C/[C@H]2O[C@H](CC(=O)NCCO)C[C@@]3(CO3)[C@@H]2O)O[C@@H]1C. The molecule has 0 aromatic carbocycles. The maximum atomic E-state index is 12.4. The highest BCUT2D eigenvalue weighted by Crippen LogP contribution is 2.43. The van der Waals surface area contributed by atoms with Gasteiger partial charge in [0, 0.05) is 26.0 Å². The zero-order valence-electron chi connectivity index (χ0n) is 24.7. The standard InChI is InChI=1S/C30H46N2O9/c1-18(7-10-26-29(37)30(17-38-30)16-23(41-26)15-28(36)31-12-13-33)6-9-25-19(2)14-24(21(4)40-25)32-27(35)11-8-20(3)39-22(5)34/h6-8,10-11,19-21,23-26,29,33,37H,9,12-17H2,1-5H3,(H,31,36)(H,32,35)/b10-7+,11-8?,18-6+/t19-,20?,21+,23+,24+,25-,26+,29+,30+/m0/s1. The number of carbonyl (C=O) groups excluding carboxylic acids is 3. The fourth-order valence-corrected chi connectivity index (χ4v) is 5.36. The topological polar surface area (TPSA) is 156 Å². The van der Waals surface area contributed by atoms with Crippen LogP contribution in [0.25, 0.3) is 0 Å². The molecular weight excluding hydrogens is 532 g/mol. The first-order valence-corrected chi connectivity index (χ1v) is 14.4.